The third-order valence-electron chi connectivity index (χ3n) is 4.01. The highest BCUT2D eigenvalue weighted by molar-refractivity contribution is 5.82. The number of carbonyl (C=O) groups excluding carboxylic acids is 1. The summed E-state index contributed by atoms with van der Waals surface area (Å²) in [6.07, 6.45) is 3.97. The first kappa shape index (κ1) is 16.6. The average molecular weight is 306 g/mol. The van der Waals surface area contributed by atoms with Crippen LogP contribution in [0.5, 0.6) is 11.5 Å². The summed E-state index contributed by atoms with van der Waals surface area (Å²) >= 11 is 0. The van der Waals surface area contributed by atoms with Crippen molar-refractivity contribution in [1.29, 1.82) is 0 Å². The molecule has 2 rings (SSSR count). The summed E-state index contributed by atoms with van der Waals surface area (Å²) in [5, 5.41) is 6.36. The van der Waals surface area contributed by atoms with Crippen LogP contribution in [-0.4, -0.2) is 38.8 Å². The Bertz CT molecular complexity index is 499. The number of piperidine rings is 1. The Balaban J connectivity index is 1.90. The molecule has 2 atom stereocenters. The third kappa shape index (κ3) is 4.37. The summed E-state index contributed by atoms with van der Waals surface area (Å²) < 4.78 is 10.5. The second-order valence-corrected chi connectivity index (χ2v) is 5.81. The van der Waals surface area contributed by atoms with Gasteiger partial charge in [0, 0.05) is 6.04 Å². The average Bonchev–Trinajstić information content (AvgIpc) is 2.55. The van der Waals surface area contributed by atoms with E-state index in [2.05, 4.69) is 10.6 Å². The smallest absolute Gasteiger partial charge is 0.237 e. The molecule has 0 radical (unpaired) electrons. The van der Waals surface area contributed by atoms with E-state index in [1.807, 2.05) is 25.1 Å². The van der Waals surface area contributed by atoms with Crippen LogP contribution in [0.2, 0.25) is 0 Å². The Morgan fingerprint density at radius 1 is 1.32 bits per heavy atom. The zero-order valence-electron chi connectivity index (χ0n) is 13.6. The zero-order valence-corrected chi connectivity index (χ0v) is 13.6. The van der Waals surface area contributed by atoms with Crippen molar-refractivity contribution in [1.82, 2.24) is 10.6 Å². The SMILES string of the molecule is COc1ccc(CC(C)NC(=O)C2CCCCN2)cc1OC. The Morgan fingerprint density at radius 3 is 2.73 bits per heavy atom. The number of carbonyl (C=O) groups is 1. The molecule has 0 aromatic heterocycles. The second kappa shape index (κ2) is 8.03. The lowest BCUT2D eigenvalue weighted by Crippen LogP contribution is -2.49. The number of ether oxygens (including phenoxy) is 2. The minimum absolute atomic E-state index is 0.0402. The Labute approximate surface area is 132 Å². The Hall–Kier alpha value is -1.75. The van der Waals surface area contributed by atoms with Gasteiger partial charge in [-0.1, -0.05) is 12.5 Å². The molecule has 1 heterocycles. The van der Waals surface area contributed by atoms with Gasteiger partial charge in [-0.15, -0.1) is 0 Å². The number of amides is 1. The largest absolute Gasteiger partial charge is 0.493 e. The maximum Gasteiger partial charge on any atom is 0.237 e. The van der Waals surface area contributed by atoms with Gasteiger partial charge in [-0.2, -0.15) is 0 Å². The fourth-order valence-electron chi connectivity index (χ4n) is 2.83. The molecule has 1 saturated heterocycles. The van der Waals surface area contributed by atoms with Crippen molar-refractivity contribution in [2.45, 2.75) is 44.7 Å². The van der Waals surface area contributed by atoms with Gasteiger partial charge in [-0.3, -0.25) is 4.79 Å². The predicted molar refractivity (Wildman–Crippen MR) is 86.5 cm³/mol. The van der Waals surface area contributed by atoms with Crippen molar-refractivity contribution in [2.75, 3.05) is 20.8 Å². The third-order valence-corrected chi connectivity index (χ3v) is 4.01. The van der Waals surface area contributed by atoms with E-state index in [1.54, 1.807) is 14.2 Å². The first-order valence-electron chi connectivity index (χ1n) is 7.88. The van der Waals surface area contributed by atoms with E-state index in [0.29, 0.717) is 11.5 Å². The molecule has 22 heavy (non-hydrogen) atoms. The maximum atomic E-state index is 12.2. The van der Waals surface area contributed by atoms with Crippen molar-refractivity contribution in [3.8, 4) is 11.5 Å². The van der Waals surface area contributed by atoms with Gasteiger partial charge >= 0.3 is 0 Å². The lowest BCUT2D eigenvalue weighted by atomic mass is 10.0. The van der Waals surface area contributed by atoms with Crippen LogP contribution in [0.4, 0.5) is 0 Å². The summed E-state index contributed by atoms with van der Waals surface area (Å²) in [4.78, 5) is 12.2. The second-order valence-electron chi connectivity index (χ2n) is 5.81. The van der Waals surface area contributed by atoms with Crippen molar-refractivity contribution >= 4 is 5.91 Å². The molecule has 0 saturated carbocycles. The molecule has 2 unspecified atom stereocenters. The van der Waals surface area contributed by atoms with Gasteiger partial charge in [0.25, 0.3) is 0 Å². The highest BCUT2D eigenvalue weighted by Crippen LogP contribution is 2.27. The quantitative estimate of drug-likeness (QED) is 0.843. The van der Waals surface area contributed by atoms with E-state index in [1.165, 1.54) is 0 Å². The van der Waals surface area contributed by atoms with Crippen LogP contribution in [0.15, 0.2) is 18.2 Å². The van der Waals surface area contributed by atoms with Crippen LogP contribution in [0, 0.1) is 0 Å². The summed E-state index contributed by atoms with van der Waals surface area (Å²) in [7, 11) is 3.25. The number of rotatable bonds is 6. The summed E-state index contributed by atoms with van der Waals surface area (Å²) in [6.45, 7) is 2.96. The highest BCUT2D eigenvalue weighted by Gasteiger charge is 2.21. The Kier molecular flexibility index (Phi) is 6.07. The fourth-order valence-corrected chi connectivity index (χ4v) is 2.83. The summed E-state index contributed by atoms with van der Waals surface area (Å²) in [5.74, 6) is 1.54. The van der Waals surface area contributed by atoms with Crippen LogP contribution in [0.1, 0.15) is 31.7 Å². The lowest BCUT2D eigenvalue weighted by molar-refractivity contribution is -0.124. The molecule has 122 valence electrons. The topological polar surface area (TPSA) is 59.6 Å². The van der Waals surface area contributed by atoms with Crippen molar-refractivity contribution < 1.29 is 14.3 Å². The standard InChI is InChI=1S/C17H26N2O3/c1-12(19-17(20)14-6-4-5-9-18-14)10-13-7-8-15(21-2)16(11-13)22-3/h7-8,11-12,14,18H,4-6,9-10H2,1-3H3,(H,19,20). The van der Waals surface area contributed by atoms with Gasteiger partial charge in [0.1, 0.15) is 0 Å². The molecule has 1 aliphatic heterocycles. The molecule has 1 amide bonds. The van der Waals surface area contributed by atoms with E-state index < -0.39 is 0 Å². The Morgan fingerprint density at radius 2 is 2.09 bits per heavy atom. The molecule has 5 nitrogen and oxygen atoms in total. The van der Waals surface area contributed by atoms with Crippen LogP contribution in [0.3, 0.4) is 0 Å². The van der Waals surface area contributed by atoms with Crippen LogP contribution in [0.25, 0.3) is 0 Å². The molecule has 5 heteroatoms. The van der Waals surface area contributed by atoms with Crippen LogP contribution in [-0.2, 0) is 11.2 Å². The molecule has 0 bridgehead atoms. The number of nitrogens with one attached hydrogen (secondary N) is 2. The minimum atomic E-state index is -0.0402. The van der Waals surface area contributed by atoms with E-state index in [4.69, 9.17) is 9.47 Å². The monoisotopic (exact) mass is 306 g/mol. The molecule has 0 aliphatic carbocycles. The van der Waals surface area contributed by atoms with E-state index in [-0.39, 0.29) is 18.0 Å². The van der Waals surface area contributed by atoms with Gasteiger partial charge in [0.15, 0.2) is 11.5 Å². The van der Waals surface area contributed by atoms with Gasteiger partial charge in [0.2, 0.25) is 5.91 Å². The van der Waals surface area contributed by atoms with Crippen LogP contribution >= 0.6 is 0 Å². The van der Waals surface area contributed by atoms with Gasteiger partial charge < -0.3 is 20.1 Å². The van der Waals surface area contributed by atoms with Crippen LogP contribution < -0.4 is 20.1 Å². The molecule has 1 aromatic carbocycles. The number of benzene rings is 1. The van der Waals surface area contributed by atoms with E-state index >= 15 is 0 Å². The number of methoxy groups -OCH3 is 2. The van der Waals surface area contributed by atoms with Gasteiger partial charge in [0.05, 0.1) is 20.3 Å². The van der Waals surface area contributed by atoms with E-state index in [9.17, 15) is 4.79 Å². The fraction of sp³-hybridized carbons (Fsp3) is 0.588. The molecule has 1 fully saturated rings. The predicted octanol–water partition coefficient (Wildman–Crippen LogP) is 1.89. The first-order chi connectivity index (χ1) is 10.6. The summed E-state index contributed by atoms with van der Waals surface area (Å²) in [6, 6.07) is 5.89. The van der Waals surface area contributed by atoms with Crippen molar-refractivity contribution in [3.05, 3.63) is 23.8 Å². The van der Waals surface area contributed by atoms with E-state index in [0.717, 1.165) is 37.8 Å². The lowest BCUT2D eigenvalue weighted by Gasteiger charge is -2.24. The molecule has 2 N–H and O–H groups in total. The number of hydrogen-bond donors (Lipinski definition) is 2. The van der Waals surface area contributed by atoms with Crippen molar-refractivity contribution in [2.24, 2.45) is 0 Å². The number of hydrogen-bond acceptors (Lipinski definition) is 4. The molecule has 0 spiro atoms. The van der Waals surface area contributed by atoms with Crippen molar-refractivity contribution in [3.63, 3.8) is 0 Å². The summed E-state index contributed by atoms with van der Waals surface area (Å²) in [5.41, 5.74) is 1.11. The maximum absolute atomic E-state index is 12.2. The normalized spacial score (nSPS) is 19.3. The zero-order chi connectivity index (χ0) is 15.9. The van der Waals surface area contributed by atoms with Gasteiger partial charge in [-0.05, 0) is 50.4 Å². The highest BCUT2D eigenvalue weighted by atomic mass is 16.5. The molecular weight excluding hydrogens is 280 g/mol. The van der Waals surface area contributed by atoms with Gasteiger partial charge in [-0.25, -0.2) is 0 Å². The molecular formula is C17H26N2O3. The molecule has 1 aromatic rings. The molecule has 1 aliphatic rings. The minimum Gasteiger partial charge on any atom is -0.493 e. The first-order valence-corrected chi connectivity index (χ1v) is 7.88.